The average molecular weight is 400 g/mol. The van der Waals surface area contributed by atoms with Crippen LogP contribution in [-0.4, -0.2) is 23.5 Å². The van der Waals surface area contributed by atoms with Crippen LogP contribution in [0.25, 0.3) is 0 Å². The number of rotatable bonds is 5. The van der Waals surface area contributed by atoms with Crippen molar-refractivity contribution in [2.75, 3.05) is 11.9 Å². The van der Waals surface area contributed by atoms with E-state index in [9.17, 15) is 14.7 Å². The monoisotopic (exact) mass is 399 g/mol. The molecule has 0 saturated carbocycles. The second kappa shape index (κ2) is 8.00. The second-order valence-corrected chi connectivity index (χ2v) is 6.22. The standard InChI is InChI=1S/C19H14ClN3O5/c20-14-4-3-12(9-21)15(8-14)23-18(25)17(24)22-11-19(26,13-5-7-27-10-13)16-2-1-6-28-16/h1-8,10,26H,11H2,(H,22,24)(H,23,25). The maximum Gasteiger partial charge on any atom is 0.313 e. The van der Waals surface area contributed by atoms with Crippen LogP contribution in [-0.2, 0) is 15.2 Å². The molecule has 0 saturated heterocycles. The van der Waals surface area contributed by atoms with E-state index >= 15 is 0 Å². The normalized spacial score (nSPS) is 12.6. The lowest BCUT2D eigenvalue weighted by molar-refractivity contribution is -0.136. The molecule has 1 unspecified atom stereocenters. The zero-order valence-electron chi connectivity index (χ0n) is 14.3. The van der Waals surface area contributed by atoms with E-state index in [1.165, 1.54) is 49.1 Å². The Balaban J connectivity index is 1.73. The molecule has 9 heteroatoms. The number of halogens is 1. The van der Waals surface area contributed by atoms with Crippen LogP contribution in [0.3, 0.4) is 0 Å². The van der Waals surface area contributed by atoms with Crippen molar-refractivity contribution in [3.63, 3.8) is 0 Å². The van der Waals surface area contributed by atoms with Gasteiger partial charge in [-0.05, 0) is 36.4 Å². The minimum atomic E-state index is -1.74. The summed E-state index contributed by atoms with van der Waals surface area (Å²) >= 11 is 5.86. The first-order chi connectivity index (χ1) is 13.4. The third-order valence-electron chi connectivity index (χ3n) is 3.99. The largest absolute Gasteiger partial charge is 0.472 e. The first-order valence-corrected chi connectivity index (χ1v) is 8.39. The summed E-state index contributed by atoms with van der Waals surface area (Å²) in [6.45, 7) is -0.354. The predicted octanol–water partition coefficient (Wildman–Crippen LogP) is 2.39. The highest BCUT2D eigenvalue weighted by Gasteiger charge is 2.36. The zero-order valence-corrected chi connectivity index (χ0v) is 15.1. The number of nitrogens with one attached hydrogen (secondary N) is 2. The molecular formula is C19H14ClN3O5. The van der Waals surface area contributed by atoms with Crippen molar-refractivity contribution >= 4 is 29.1 Å². The molecule has 2 heterocycles. The number of furan rings is 2. The Hall–Kier alpha value is -3.54. The van der Waals surface area contributed by atoms with E-state index in [1.54, 1.807) is 6.07 Å². The lowest BCUT2D eigenvalue weighted by Gasteiger charge is -2.25. The molecule has 2 amide bonds. The summed E-state index contributed by atoms with van der Waals surface area (Å²) in [6.07, 6.45) is 4.04. The molecule has 0 radical (unpaired) electrons. The maximum absolute atomic E-state index is 12.2. The Morgan fingerprint density at radius 1 is 1.21 bits per heavy atom. The van der Waals surface area contributed by atoms with Crippen LogP contribution < -0.4 is 10.6 Å². The van der Waals surface area contributed by atoms with Gasteiger partial charge < -0.3 is 24.6 Å². The molecule has 8 nitrogen and oxygen atoms in total. The van der Waals surface area contributed by atoms with Crippen molar-refractivity contribution in [1.82, 2.24) is 5.32 Å². The summed E-state index contributed by atoms with van der Waals surface area (Å²) in [6, 6.07) is 10.8. The van der Waals surface area contributed by atoms with Crippen LogP contribution in [0.2, 0.25) is 5.02 Å². The van der Waals surface area contributed by atoms with Crippen molar-refractivity contribution in [3.8, 4) is 6.07 Å². The fourth-order valence-corrected chi connectivity index (χ4v) is 2.70. The lowest BCUT2D eigenvalue weighted by atomic mass is 9.93. The molecular weight excluding hydrogens is 386 g/mol. The second-order valence-electron chi connectivity index (χ2n) is 5.79. The lowest BCUT2D eigenvalue weighted by Crippen LogP contribution is -2.45. The molecule has 28 heavy (non-hydrogen) atoms. The van der Waals surface area contributed by atoms with Gasteiger partial charge in [-0.2, -0.15) is 5.26 Å². The maximum atomic E-state index is 12.2. The fourth-order valence-electron chi connectivity index (χ4n) is 2.53. The molecule has 1 aromatic carbocycles. The number of hydrogen-bond acceptors (Lipinski definition) is 6. The van der Waals surface area contributed by atoms with E-state index in [0.717, 1.165) is 0 Å². The van der Waals surface area contributed by atoms with E-state index in [1.807, 2.05) is 6.07 Å². The molecule has 0 bridgehead atoms. The van der Waals surface area contributed by atoms with Crippen LogP contribution >= 0.6 is 11.6 Å². The van der Waals surface area contributed by atoms with E-state index in [-0.39, 0.29) is 23.6 Å². The van der Waals surface area contributed by atoms with Crippen LogP contribution in [0.4, 0.5) is 5.69 Å². The zero-order chi connectivity index (χ0) is 20.1. The SMILES string of the molecule is N#Cc1ccc(Cl)cc1NC(=O)C(=O)NCC(O)(c1ccoc1)c1ccco1. The van der Waals surface area contributed by atoms with Gasteiger partial charge in [-0.25, -0.2) is 0 Å². The van der Waals surface area contributed by atoms with Gasteiger partial charge >= 0.3 is 11.8 Å². The summed E-state index contributed by atoms with van der Waals surface area (Å²) in [5.41, 5.74) is -1.15. The van der Waals surface area contributed by atoms with Crippen LogP contribution in [0, 0.1) is 11.3 Å². The van der Waals surface area contributed by atoms with E-state index in [0.29, 0.717) is 10.6 Å². The van der Waals surface area contributed by atoms with Crippen LogP contribution in [0.5, 0.6) is 0 Å². The number of benzene rings is 1. The highest BCUT2D eigenvalue weighted by atomic mass is 35.5. The molecule has 0 aliphatic rings. The van der Waals surface area contributed by atoms with Crippen molar-refractivity contribution in [1.29, 1.82) is 5.26 Å². The predicted molar refractivity (Wildman–Crippen MR) is 98.2 cm³/mol. The van der Waals surface area contributed by atoms with Crippen molar-refractivity contribution < 1.29 is 23.5 Å². The Morgan fingerprint density at radius 2 is 2.04 bits per heavy atom. The number of hydrogen-bond donors (Lipinski definition) is 3. The Bertz CT molecular complexity index is 988. The molecule has 1 atom stereocenters. The minimum Gasteiger partial charge on any atom is -0.472 e. The van der Waals surface area contributed by atoms with Gasteiger partial charge in [-0.3, -0.25) is 9.59 Å². The highest BCUT2D eigenvalue weighted by Crippen LogP contribution is 2.29. The number of anilines is 1. The number of carbonyl (C=O) groups is 2. The number of amides is 2. The summed E-state index contributed by atoms with van der Waals surface area (Å²) in [5.74, 6) is -1.87. The summed E-state index contributed by atoms with van der Waals surface area (Å²) < 4.78 is 10.3. The van der Waals surface area contributed by atoms with Gasteiger partial charge in [0.25, 0.3) is 0 Å². The molecule has 3 aromatic rings. The molecule has 142 valence electrons. The third-order valence-corrected chi connectivity index (χ3v) is 4.22. The van der Waals surface area contributed by atoms with Crippen molar-refractivity contribution in [3.05, 3.63) is 77.1 Å². The third kappa shape index (κ3) is 3.91. The van der Waals surface area contributed by atoms with Gasteiger partial charge in [0.05, 0.1) is 36.6 Å². The van der Waals surface area contributed by atoms with Gasteiger partial charge in [0.15, 0.2) is 5.60 Å². The molecule has 3 rings (SSSR count). The molecule has 2 aromatic heterocycles. The van der Waals surface area contributed by atoms with Gasteiger partial charge in [0.2, 0.25) is 0 Å². The summed E-state index contributed by atoms with van der Waals surface area (Å²) in [7, 11) is 0. The summed E-state index contributed by atoms with van der Waals surface area (Å²) in [5, 5.41) is 25.1. The average Bonchev–Trinajstić information content (AvgIpc) is 3.40. The first-order valence-electron chi connectivity index (χ1n) is 8.02. The number of carbonyl (C=O) groups excluding carboxylic acids is 2. The first kappa shape index (κ1) is 19.2. The van der Waals surface area contributed by atoms with Gasteiger partial charge in [-0.15, -0.1) is 0 Å². The quantitative estimate of drug-likeness (QED) is 0.565. The molecule has 0 aliphatic carbocycles. The topological polar surface area (TPSA) is 128 Å². The van der Waals surface area contributed by atoms with E-state index < -0.39 is 17.4 Å². The van der Waals surface area contributed by atoms with Crippen molar-refractivity contribution in [2.24, 2.45) is 0 Å². The molecule has 3 N–H and O–H groups in total. The number of nitrogens with zero attached hydrogens (tertiary/aromatic N) is 1. The van der Waals surface area contributed by atoms with E-state index in [4.69, 9.17) is 25.7 Å². The minimum absolute atomic E-state index is 0.103. The molecule has 0 spiro atoms. The van der Waals surface area contributed by atoms with Gasteiger partial charge in [0, 0.05) is 10.6 Å². The Labute approximate surface area is 164 Å². The van der Waals surface area contributed by atoms with Gasteiger partial charge in [0.1, 0.15) is 11.8 Å². The smallest absolute Gasteiger partial charge is 0.313 e. The summed E-state index contributed by atoms with van der Waals surface area (Å²) in [4.78, 5) is 24.4. The fraction of sp³-hybridized carbons (Fsp3) is 0.105. The van der Waals surface area contributed by atoms with Gasteiger partial charge in [-0.1, -0.05) is 11.6 Å². The molecule has 0 fully saturated rings. The Morgan fingerprint density at radius 3 is 2.68 bits per heavy atom. The van der Waals surface area contributed by atoms with E-state index in [2.05, 4.69) is 10.6 Å². The Kier molecular flexibility index (Phi) is 5.49. The van der Waals surface area contributed by atoms with Crippen LogP contribution in [0.1, 0.15) is 16.9 Å². The van der Waals surface area contributed by atoms with Crippen LogP contribution in [0.15, 0.2) is 64.0 Å². The highest BCUT2D eigenvalue weighted by molar-refractivity contribution is 6.40. The molecule has 0 aliphatic heterocycles. The number of nitriles is 1. The number of aliphatic hydroxyl groups is 1. The van der Waals surface area contributed by atoms with Crippen molar-refractivity contribution in [2.45, 2.75) is 5.60 Å².